The SMILES string of the molecule is CO[C@@H]1O[C@H]2C(C)=CC[C@H]3[C@H]2C(=C1CO)[C@@H](O)C[C@@H]3C. The van der Waals surface area contributed by atoms with E-state index in [1.54, 1.807) is 7.11 Å². The zero-order valence-corrected chi connectivity index (χ0v) is 12.4. The lowest BCUT2D eigenvalue weighted by Gasteiger charge is -2.51. The summed E-state index contributed by atoms with van der Waals surface area (Å²) in [6.07, 6.45) is 3.00. The van der Waals surface area contributed by atoms with Gasteiger partial charge < -0.3 is 19.7 Å². The molecule has 4 nitrogen and oxygen atoms in total. The Kier molecular flexibility index (Phi) is 3.75. The predicted molar refractivity (Wildman–Crippen MR) is 74.9 cm³/mol. The van der Waals surface area contributed by atoms with E-state index in [1.807, 2.05) is 0 Å². The second-order valence-corrected chi connectivity index (χ2v) is 6.37. The largest absolute Gasteiger partial charge is 0.392 e. The summed E-state index contributed by atoms with van der Waals surface area (Å²) in [5.74, 6) is 1.14. The Labute approximate surface area is 120 Å². The summed E-state index contributed by atoms with van der Waals surface area (Å²) in [4.78, 5) is 0. The summed E-state index contributed by atoms with van der Waals surface area (Å²) in [7, 11) is 1.58. The van der Waals surface area contributed by atoms with Crippen LogP contribution in [0.4, 0.5) is 0 Å². The number of aliphatic hydroxyl groups is 2. The fourth-order valence-corrected chi connectivity index (χ4v) is 4.28. The monoisotopic (exact) mass is 280 g/mol. The van der Waals surface area contributed by atoms with Crippen LogP contribution in [0.1, 0.15) is 26.7 Å². The van der Waals surface area contributed by atoms with Crippen molar-refractivity contribution < 1.29 is 19.7 Å². The highest BCUT2D eigenvalue weighted by Gasteiger charge is 2.50. The van der Waals surface area contributed by atoms with E-state index in [9.17, 15) is 10.2 Å². The topological polar surface area (TPSA) is 58.9 Å². The van der Waals surface area contributed by atoms with Gasteiger partial charge in [0.25, 0.3) is 0 Å². The molecule has 1 saturated carbocycles. The molecule has 0 amide bonds. The molecular weight excluding hydrogens is 256 g/mol. The van der Waals surface area contributed by atoms with Crippen molar-refractivity contribution >= 4 is 0 Å². The Morgan fingerprint density at radius 2 is 2.20 bits per heavy atom. The highest BCUT2D eigenvalue weighted by atomic mass is 16.7. The molecule has 1 aliphatic heterocycles. The van der Waals surface area contributed by atoms with Crippen LogP contribution >= 0.6 is 0 Å². The average molecular weight is 280 g/mol. The van der Waals surface area contributed by atoms with Gasteiger partial charge in [-0.15, -0.1) is 0 Å². The molecule has 0 bridgehead atoms. The first-order chi connectivity index (χ1) is 9.58. The fourth-order valence-electron chi connectivity index (χ4n) is 4.28. The molecule has 20 heavy (non-hydrogen) atoms. The lowest BCUT2D eigenvalue weighted by atomic mass is 9.60. The maximum Gasteiger partial charge on any atom is 0.182 e. The van der Waals surface area contributed by atoms with Crippen LogP contribution in [-0.2, 0) is 9.47 Å². The average Bonchev–Trinajstić information content (AvgIpc) is 2.44. The van der Waals surface area contributed by atoms with Crippen LogP contribution in [0.25, 0.3) is 0 Å². The Bertz CT molecular complexity index is 453. The molecule has 2 N–H and O–H groups in total. The molecule has 112 valence electrons. The molecule has 0 aromatic carbocycles. The molecule has 0 aromatic heterocycles. The first kappa shape index (κ1) is 14.3. The van der Waals surface area contributed by atoms with Crippen molar-refractivity contribution in [3.8, 4) is 0 Å². The molecule has 0 aromatic rings. The van der Waals surface area contributed by atoms with Crippen LogP contribution in [0.15, 0.2) is 22.8 Å². The van der Waals surface area contributed by atoms with Crippen molar-refractivity contribution in [3.63, 3.8) is 0 Å². The van der Waals surface area contributed by atoms with Gasteiger partial charge in [0.15, 0.2) is 6.29 Å². The molecule has 0 saturated heterocycles. The summed E-state index contributed by atoms with van der Waals surface area (Å²) in [5.41, 5.74) is 2.92. The molecule has 1 fully saturated rings. The maximum absolute atomic E-state index is 10.5. The zero-order chi connectivity index (χ0) is 14.4. The van der Waals surface area contributed by atoms with Crippen LogP contribution in [0.2, 0.25) is 0 Å². The van der Waals surface area contributed by atoms with E-state index >= 15 is 0 Å². The number of methoxy groups -OCH3 is 1. The number of allylic oxidation sites excluding steroid dienone is 1. The lowest BCUT2D eigenvalue weighted by molar-refractivity contribution is -0.165. The standard InChI is InChI=1S/C16H24O4/c1-8-4-5-10-9(2)6-12(18)13-11(7-17)16(19-3)20-15(8)14(10)13/h4,9-10,12,14-18H,5-7H2,1-3H3/t9-,10+,12-,14-,15-,16+/m0/s1. The summed E-state index contributed by atoms with van der Waals surface area (Å²) in [6.45, 7) is 4.18. The van der Waals surface area contributed by atoms with E-state index in [1.165, 1.54) is 5.57 Å². The predicted octanol–water partition coefficient (Wildman–Crippen LogP) is 1.63. The number of ether oxygens (including phenoxy) is 2. The molecule has 0 radical (unpaired) electrons. The molecule has 3 rings (SSSR count). The van der Waals surface area contributed by atoms with E-state index < -0.39 is 12.4 Å². The summed E-state index contributed by atoms with van der Waals surface area (Å²) in [5, 5.41) is 20.2. The first-order valence-electron chi connectivity index (χ1n) is 7.45. The van der Waals surface area contributed by atoms with E-state index in [0.717, 1.165) is 24.0 Å². The molecular formula is C16H24O4. The Hall–Kier alpha value is -0.680. The van der Waals surface area contributed by atoms with Gasteiger partial charge in [0.1, 0.15) is 0 Å². The van der Waals surface area contributed by atoms with Gasteiger partial charge in [-0.3, -0.25) is 0 Å². The summed E-state index contributed by atoms with van der Waals surface area (Å²) < 4.78 is 11.4. The molecule has 6 atom stereocenters. The molecule has 3 aliphatic rings. The van der Waals surface area contributed by atoms with Crippen molar-refractivity contribution in [2.24, 2.45) is 17.8 Å². The van der Waals surface area contributed by atoms with Crippen molar-refractivity contribution in [1.82, 2.24) is 0 Å². The van der Waals surface area contributed by atoms with Gasteiger partial charge in [0.2, 0.25) is 0 Å². The van der Waals surface area contributed by atoms with Crippen LogP contribution in [-0.4, -0.2) is 42.4 Å². The zero-order valence-electron chi connectivity index (χ0n) is 12.4. The van der Waals surface area contributed by atoms with Crippen molar-refractivity contribution in [2.75, 3.05) is 13.7 Å². The van der Waals surface area contributed by atoms with Gasteiger partial charge >= 0.3 is 0 Å². The second-order valence-electron chi connectivity index (χ2n) is 6.37. The van der Waals surface area contributed by atoms with Gasteiger partial charge in [0.05, 0.1) is 18.8 Å². The van der Waals surface area contributed by atoms with Gasteiger partial charge in [-0.2, -0.15) is 0 Å². The van der Waals surface area contributed by atoms with Gasteiger partial charge in [-0.1, -0.05) is 13.0 Å². The number of rotatable bonds is 2. The summed E-state index contributed by atoms with van der Waals surface area (Å²) >= 11 is 0. The fraction of sp³-hybridized carbons (Fsp3) is 0.750. The van der Waals surface area contributed by atoms with Crippen molar-refractivity contribution in [2.45, 2.75) is 45.2 Å². The van der Waals surface area contributed by atoms with Crippen LogP contribution in [0, 0.1) is 17.8 Å². The summed E-state index contributed by atoms with van der Waals surface area (Å²) in [6, 6.07) is 0. The first-order valence-corrected chi connectivity index (χ1v) is 7.45. The minimum atomic E-state index is -0.540. The smallest absolute Gasteiger partial charge is 0.182 e. The lowest BCUT2D eigenvalue weighted by Crippen LogP contribution is -2.51. The third-order valence-corrected chi connectivity index (χ3v) is 5.30. The number of hydrogen-bond donors (Lipinski definition) is 2. The minimum Gasteiger partial charge on any atom is -0.392 e. The quantitative estimate of drug-likeness (QED) is 0.755. The third-order valence-electron chi connectivity index (χ3n) is 5.30. The van der Waals surface area contributed by atoms with Crippen LogP contribution < -0.4 is 0 Å². The highest BCUT2D eigenvalue weighted by Crippen LogP contribution is 2.51. The van der Waals surface area contributed by atoms with E-state index in [2.05, 4.69) is 19.9 Å². The number of aliphatic hydroxyl groups excluding tert-OH is 2. The molecule has 1 heterocycles. The maximum atomic E-state index is 10.5. The van der Waals surface area contributed by atoms with Crippen molar-refractivity contribution in [3.05, 3.63) is 22.8 Å². The number of hydrogen-bond acceptors (Lipinski definition) is 4. The Morgan fingerprint density at radius 3 is 2.85 bits per heavy atom. The van der Waals surface area contributed by atoms with Crippen LogP contribution in [0.5, 0.6) is 0 Å². The van der Waals surface area contributed by atoms with E-state index in [-0.39, 0.29) is 18.6 Å². The van der Waals surface area contributed by atoms with E-state index in [0.29, 0.717) is 11.8 Å². The highest BCUT2D eigenvalue weighted by molar-refractivity contribution is 5.35. The molecule has 4 heteroatoms. The second kappa shape index (κ2) is 5.26. The van der Waals surface area contributed by atoms with E-state index in [4.69, 9.17) is 9.47 Å². The normalized spacial score (nSPS) is 44.1. The van der Waals surface area contributed by atoms with Crippen molar-refractivity contribution in [1.29, 1.82) is 0 Å². The Balaban J connectivity index is 2.11. The Morgan fingerprint density at radius 1 is 1.45 bits per heavy atom. The molecule has 0 spiro atoms. The third kappa shape index (κ3) is 1.98. The van der Waals surface area contributed by atoms with Gasteiger partial charge in [-0.25, -0.2) is 0 Å². The van der Waals surface area contributed by atoms with Gasteiger partial charge in [-0.05, 0) is 42.7 Å². The van der Waals surface area contributed by atoms with Gasteiger partial charge in [0, 0.05) is 18.6 Å². The molecule has 0 unspecified atom stereocenters. The minimum absolute atomic E-state index is 0.0265. The van der Waals surface area contributed by atoms with Crippen LogP contribution in [0.3, 0.4) is 0 Å². The molecule has 2 aliphatic carbocycles.